The van der Waals surface area contributed by atoms with Crippen molar-refractivity contribution >= 4 is 5.96 Å². The van der Waals surface area contributed by atoms with E-state index >= 15 is 0 Å². The summed E-state index contributed by atoms with van der Waals surface area (Å²) in [5, 5.41) is 11.8. The maximum atomic E-state index is 4.80. The highest BCUT2D eigenvalue weighted by Gasteiger charge is 2.30. The number of aryl methyl sites for hydroxylation is 1. The SMILES string of the molecule is CCCCNC(=NCc1nnc(C)n1C)N1CCC(C)(C)C1. The van der Waals surface area contributed by atoms with Crippen LogP contribution in [0.15, 0.2) is 4.99 Å². The molecule has 0 saturated carbocycles. The number of likely N-dealkylation sites (tertiary alicyclic amines) is 1. The molecular weight excluding hydrogens is 276 g/mol. The van der Waals surface area contributed by atoms with E-state index in [9.17, 15) is 0 Å². The molecular formula is C16H30N6. The van der Waals surface area contributed by atoms with Gasteiger partial charge in [-0.3, -0.25) is 0 Å². The third-order valence-corrected chi connectivity index (χ3v) is 4.34. The molecule has 0 radical (unpaired) electrons. The van der Waals surface area contributed by atoms with Gasteiger partial charge in [-0.15, -0.1) is 10.2 Å². The van der Waals surface area contributed by atoms with Crippen LogP contribution < -0.4 is 5.32 Å². The van der Waals surface area contributed by atoms with Crippen LogP contribution in [0, 0.1) is 12.3 Å². The lowest BCUT2D eigenvalue weighted by molar-refractivity contribution is 0.369. The highest BCUT2D eigenvalue weighted by atomic mass is 15.3. The van der Waals surface area contributed by atoms with Gasteiger partial charge in [0.2, 0.25) is 0 Å². The van der Waals surface area contributed by atoms with Crippen LogP contribution in [-0.2, 0) is 13.6 Å². The molecule has 1 aromatic heterocycles. The van der Waals surface area contributed by atoms with Gasteiger partial charge in [0.15, 0.2) is 11.8 Å². The van der Waals surface area contributed by atoms with Crippen molar-refractivity contribution in [2.75, 3.05) is 19.6 Å². The first-order valence-corrected chi connectivity index (χ1v) is 8.31. The molecule has 0 unspecified atom stereocenters. The molecule has 1 aliphatic heterocycles. The Morgan fingerprint density at radius 1 is 1.36 bits per heavy atom. The van der Waals surface area contributed by atoms with Crippen LogP contribution in [0.3, 0.4) is 0 Å². The Morgan fingerprint density at radius 3 is 2.68 bits per heavy atom. The summed E-state index contributed by atoms with van der Waals surface area (Å²) in [4.78, 5) is 7.17. The number of rotatable bonds is 5. The van der Waals surface area contributed by atoms with E-state index in [1.54, 1.807) is 0 Å². The Morgan fingerprint density at radius 2 is 2.14 bits per heavy atom. The molecule has 0 spiro atoms. The van der Waals surface area contributed by atoms with Gasteiger partial charge in [0.05, 0.1) is 0 Å². The maximum Gasteiger partial charge on any atom is 0.194 e. The third-order valence-electron chi connectivity index (χ3n) is 4.34. The number of nitrogens with one attached hydrogen (secondary N) is 1. The predicted octanol–water partition coefficient (Wildman–Crippen LogP) is 2.10. The Balaban J connectivity index is 2.06. The normalized spacial score (nSPS) is 18.0. The Kier molecular flexibility index (Phi) is 5.42. The molecule has 0 aromatic carbocycles. The van der Waals surface area contributed by atoms with Crippen molar-refractivity contribution in [3.05, 3.63) is 11.6 Å². The highest BCUT2D eigenvalue weighted by molar-refractivity contribution is 5.80. The first-order valence-electron chi connectivity index (χ1n) is 8.31. The second kappa shape index (κ2) is 7.11. The molecule has 124 valence electrons. The van der Waals surface area contributed by atoms with Gasteiger partial charge in [-0.05, 0) is 25.2 Å². The van der Waals surface area contributed by atoms with Gasteiger partial charge in [0.25, 0.3) is 0 Å². The van der Waals surface area contributed by atoms with Gasteiger partial charge in [0.1, 0.15) is 12.4 Å². The summed E-state index contributed by atoms with van der Waals surface area (Å²) in [5.74, 6) is 2.85. The molecule has 0 aliphatic carbocycles. The number of hydrogen-bond acceptors (Lipinski definition) is 3. The van der Waals surface area contributed by atoms with E-state index < -0.39 is 0 Å². The van der Waals surface area contributed by atoms with Crippen molar-refractivity contribution in [1.82, 2.24) is 25.0 Å². The van der Waals surface area contributed by atoms with E-state index in [1.807, 2.05) is 18.5 Å². The minimum absolute atomic E-state index is 0.370. The van der Waals surface area contributed by atoms with Gasteiger partial charge < -0.3 is 14.8 Å². The highest BCUT2D eigenvalue weighted by Crippen LogP contribution is 2.28. The quantitative estimate of drug-likeness (QED) is 0.514. The first kappa shape index (κ1) is 16.8. The van der Waals surface area contributed by atoms with Gasteiger partial charge in [-0.2, -0.15) is 0 Å². The van der Waals surface area contributed by atoms with E-state index in [-0.39, 0.29) is 0 Å². The molecule has 0 bridgehead atoms. The van der Waals surface area contributed by atoms with Gasteiger partial charge in [-0.25, -0.2) is 4.99 Å². The van der Waals surface area contributed by atoms with Gasteiger partial charge in [-0.1, -0.05) is 27.2 Å². The van der Waals surface area contributed by atoms with Crippen LogP contribution in [0.4, 0.5) is 0 Å². The average Bonchev–Trinajstić information content (AvgIpc) is 2.98. The molecule has 1 aromatic rings. The van der Waals surface area contributed by atoms with Crippen LogP contribution in [0.5, 0.6) is 0 Å². The van der Waals surface area contributed by atoms with E-state index in [4.69, 9.17) is 4.99 Å². The van der Waals surface area contributed by atoms with Crippen molar-refractivity contribution in [3.8, 4) is 0 Å². The zero-order chi connectivity index (χ0) is 16.2. The van der Waals surface area contributed by atoms with Crippen molar-refractivity contribution in [2.24, 2.45) is 17.5 Å². The summed E-state index contributed by atoms with van der Waals surface area (Å²) >= 11 is 0. The van der Waals surface area contributed by atoms with E-state index in [2.05, 4.69) is 41.2 Å². The molecule has 0 atom stereocenters. The van der Waals surface area contributed by atoms with Crippen LogP contribution >= 0.6 is 0 Å². The minimum atomic E-state index is 0.370. The molecule has 22 heavy (non-hydrogen) atoms. The lowest BCUT2D eigenvalue weighted by Gasteiger charge is -2.24. The van der Waals surface area contributed by atoms with Crippen molar-refractivity contribution < 1.29 is 0 Å². The molecule has 6 heteroatoms. The number of aliphatic imine (C=N–C) groups is 1. The van der Waals surface area contributed by atoms with E-state index in [0.29, 0.717) is 12.0 Å². The molecule has 1 N–H and O–H groups in total. The maximum absolute atomic E-state index is 4.80. The molecule has 2 heterocycles. The van der Waals surface area contributed by atoms with E-state index in [1.165, 1.54) is 19.3 Å². The van der Waals surface area contributed by atoms with Crippen LogP contribution in [0.2, 0.25) is 0 Å². The van der Waals surface area contributed by atoms with Crippen LogP contribution in [-0.4, -0.2) is 45.3 Å². The number of nitrogens with zero attached hydrogens (tertiary/aromatic N) is 5. The number of aromatic nitrogens is 3. The molecule has 1 aliphatic rings. The standard InChI is InChI=1S/C16H30N6/c1-6-7-9-17-15(22-10-8-16(3,4)12-22)18-11-14-20-19-13(2)21(14)5/h6-12H2,1-5H3,(H,17,18). The second-order valence-corrected chi connectivity index (χ2v) is 6.98. The summed E-state index contributed by atoms with van der Waals surface area (Å²) in [5.41, 5.74) is 0.370. The molecule has 1 fully saturated rings. The topological polar surface area (TPSA) is 58.3 Å². The molecule has 6 nitrogen and oxygen atoms in total. The number of unbranched alkanes of at least 4 members (excludes halogenated alkanes) is 1. The van der Waals surface area contributed by atoms with E-state index in [0.717, 1.165) is 37.2 Å². The first-order chi connectivity index (χ1) is 10.4. The second-order valence-electron chi connectivity index (χ2n) is 6.98. The fraction of sp³-hybridized carbons (Fsp3) is 0.812. The fourth-order valence-corrected chi connectivity index (χ4v) is 2.67. The van der Waals surface area contributed by atoms with Gasteiger partial charge in [0, 0.05) is 26.7 Å². The summed E-state index contributed by atoms with van der Waals surface area (Å²) in [6.45, 7) is 12.5. The Bertz CT molecular complexity index is 517. The average molecular weight is 306 g/mol. The zero-order valence-electron chi connectivity index (χ0n) is 14.7. The lowest BCUT2D eigenvalue weighted by atomic mass is 9.93. The predicted molar refractivity (Wildman–Crippen MR) is 89.8 cm³/mol. The van der Waals surface area contributed by atoms with Crippen molar-refractivity contribution in [1.29, 1.82) is 0 Å². The monoisotopic (exact) mass is 306 g/mol. The minimum Gasteiger partial charge on any atom is -0.356 e. The Hall–Kier alpha value is -1.59. The molecule has 0 amide bonds. The van der Waals surface area contributed by atoms with Crippen LogP contribution in [0.1, 0.15) is 51.7 Å². The number of hydrogen-bond donors (Lipinski definition) is 1. The zero-order valence-corrected chi connectivity index (χ0v) is 14.7. The summed E-state index contributed by atoms with van der Waals surface area (Å²) in [7, 11) is 1.99. The van der Waals surface area contributed by atoms with Crippen molar-refractivity contribution in [2.45, 2.75) is 53.5 Å². The van der Waals surface area contributed by atoms with Crippen LogP contribution in [0.25, 0.3) is 0 Å². The summed E-state index contributed by atoms with van der Waals surface area (Å²) in [6, 6.07) is 0. The number of guanidine groups is 1. The van der Waals surface area contributed by atoms with Crippen molar-refractivity contribution in [3.63, 3.8) is 0 Å². The smallest absolute Gasteiger partial charge is 0.194 e. The fourth-order valence-electron chi connectivity index (χ4n) is 2.67. The largest absolute Gasteiger partial charge is 0.356 e. The molecule has 2 rings (SSSR count). The summed E-state index contributed by atoms with van der Waals surface area (Å²) < 4.78 is 2.00. The lowest BCUT2D eigenvalue weighted by Crippen LogP contribution is -2.41. The third kappa shape index (κ3) is 4.21. The van der Waals surface area contributed by atoms with Gasteiger partial charge >= 0.3 is 0 Å². The molecule has 1 saturated heterocycles. The Labute approximate surface area is 134 Å². The summed E-state index contributed by atoms with van der Waals surface area (Å²) in [6.07, 6.45) is 3.57.